The van der Waals surface area contributed by atoms with Gasteiger partial charge >= 0.3 is 0 Å². The largest absolute Gasteiger partial charge is 0.396 e. The van der Waals surface area contributed by atoms with E-state index in [-0.39, 0.29) is 0 Å². The van der Waals surface area contributed by atoms with Crippen LogP contribution in [0.3, 0.4) is 0 Å². The molecule has 2 N–H and O–H groups in total. The van der Waals surface area contributed by atoms with Crippen LogP contribution in [0.25, 0.3) is 0 Å². The van der Waals surface area contributed by atoms with Gasteiger partial charge in [0, 0.05) is 12.1 Å². The minimum absolute atomic E-state index is 0.301. The fourth-order valence-electron chi connectivity index (χ4n) is 1.13. The van der Waals surface area contributed by atoms with Crippen molar-refractivity contribution in [3.05, 3.63) is 0 Å². The zero-order valence-corrected chi connectivity index (χ0v) is 8.69. The van der Waals surface area contributed by atoms with E-state index in [4.69, 9.17) is 5.11 Å². The highest BCUT2D eigenvalue weighted by Gasteiger charge is 2.17. The third-order valence-electron chi connectivity index (χ3n) is 2.70. The summed E-state index contributed by atoms with van der Waals surface area (Å²) in [5, 5.41) is 12.1. The van der Waals surface area contributed by atoms with Gasteiger partial charge in [-0.3, -0.25) is 0 Å². The van der Waals surface area contributed by atoms with Crippen LogP contribution < -0.4 is 5.32 Å². The molecule has 0 aliphatic carbocycles. The van der Waals surface area contributed by atoms with E-state index in [9.17, 15) is 0 Å². The summed E-state index contributed by atoms with van der Waals surface area (Å²) < 4.78 is 0. The zero-order chi connectivity index (χ0) is 9.45. The van der Waals surface area contributed by atoms with Crippen molar-refractivity contribution in [2.45, 2.75) is 52.0 Å². The standard InChI is InChI=1S/C10H23NO/c1-4-10(3,5-2)11-8-6-7-9-12/h11-12H,4-9H2,1-3H3. The van der Waals surface area contributed by atoms with Gasteiger partial charge in [-0.1, -0.05) is 13.8 Å². The number of aliphatic hydroxyl groups excluding tert-OH is 1. The van der Waals surface area contributed by atoms with Gasteiger partial charge in [0.05, 0.1) is 0 Å². The van der Waals surface area contributed by atoms with Crippen molar-refractivity contribution in [3.63, 3.8) is 0 Å². The minimum Gasteiger partial charge on any atom is -0.396 e. The summed E-state index contributed by atoms with van der Waals surface area (Å²) in [6.45, 7) is 8.02. The van der Waals surface area contributed by atoms with Crippen molar-refractivity contribution >= 4 is 0 Å². The lowest BCUT2D eigenvalue weighted by Gasteiger charge is -2.28. The number of aliphatic hydroxyl groups is 1. The van der Waals surface area contributed by atoms with Crippen LogP contribution in [-0.4, -0.2) is 23.8 Å². The van der Waals surface area contributed by atoms with E-state index < -0.39 is 0 Å². The molecule has 0 rings (SSSR count). The van der Waals surface area contributed by atoms with E-state index >= 15 is 0 Å². The Balaban J connectivity index is 3.45. The molecule has 0 fully saturated rings. The van der Waals surface area contributed by atoms with Gasteiger partial charge in [0.1, 0.15) is 0 Å². The van der Waals surface area contributed by atoms with Gasteiger partial charge < -0.3 is 10.4 Å². The molecule has 2 heteroatoms. The molecule has 0 aromatic carbocycles. The number of rotatable bonds is 7. The topological polar surface area (TPSA) is 32.3 Å². The Morgan fingerprint density at radius 3 is 2.17 bits per heavy atom. The molecular formula is C10H23NO. The molecule has 0 amide bonds. The molecule has 0 aromatic heterocycles. The third kappa shape index (κ3) is 4.73. The summed E-state index contributed by atoms with van der Waals surface area (Å²) in [6.07, 6.45) is 4.33. The SMILES string of the molecule is CCC(C)(CC)NCCCCO. The number of nitrogens with one attached hydrogen (secondary N) is 1. The molecule has 0 aliphatic rings. The van der Waals surface area contributed by atoms with E-state index in [1.807, 2.05) is 0 Å². The highest BCUT2D eigenvalue weighted by molar-refractivity contribution is 4.79. The fraction of sp³-hybridized carbons (Fsp3) is 1.00. The van der Waals surface area contributed by atoms with Gasteiger partial charge in [-0.15, -0.1) is 0 Å². The van der Waals surface area contributed by atoms with Gasteiger partial charge in [-0.25, -0.2) is 0 Å². The smallest absolute Gasteiger partial charge is 0.0431 e. The van der Waals surface area contributed by atoms with Crippen molar-refractivity contribution in [1.29, 1.82) is 0 Å². The van der Waals surface area contributed by atoms with Crippen LogP contribution in [-0.2, 0) is 0 Å². The summed E-state index contributed by atoms with van der Waals surface area (Å²) in [6, 6.07) is 0. The normalized spacial score (nSPS) is 12.0. The number of hydrogen-bond donors (Lipinski definition) is 2. The summed E-state index contributed by atoms with van der Waals surface area (Å²) in [5.74, 6) is 0. The Morgan fingerprint density at radius 1 is 1.17 bits per heavy atom. The molecule has 0 spiro atoms. The van der Waals surface area contributed by atoms with Crippen LogP contribution in [0, 0.1) is 0 Å². The monoisotopic (exact) mass is 173 g/mol. The molecule has 0 bridgehead atoms. The maximum absolute atomic E-state index is 8.58. The van der Waals surface area contributed by atoms with E-state index in [0.29, 0.717) is 12.1 Å². The average Bonchev–Trinajstić information content (AvgIpc) is 2.12. The molecule has 0 saturated carbocycles. The fourth-order valence-corrected chi connectivity index (χ4v) is 1.13. The first-order valence-electron chi connectivity index (χ1n) is 5.04. The van der Waals surface area contributed by atoms with Gasteiger partial charge in [0.2, 0.25) is 0 Å². The summed E-state index contributed by atoms with van der Waals surface area (Å²) in [7, 11) is 0. The van der Waals surface area contributed by atoms with Crippen LogP contribution in [0.2, 0.25) is 0 Å². The summed E-state index contributed by atoms with van der Waals surface area (Å²) in [5.41, 5.74) is 0.301. The quantitative estimate of drug-likeness (QED) is 0.577. The highest BCUT2D eigenvalue weighted by atomic mass is 16.2. The Labute approximate surface area is 76.4 Å². The molecular weight excluding hydrogens is 150 g/mol. The van der Waals surface area contributed by atoms with Gasteiger partial charge in [-0.2, -0.15) is 0 Å². The number of hydrogen-bond acceptors (Lipinski definition) is 2. The van der Waals surface area contributed by atoms with Crippen molar-refractivity contribution in [3.8, 4) is 0 Å². The molecule has 2 nitrogen and oxygen atoms in total. The first-order chi connectivity index (χ1) is 5.68. The summed E-state index contributed by atoms with van der Waals surface area (Å²) >= 11 is 0. The van der Waals surface area contributed by atoms with Gasteiger partial charge in [0.25, 0.3) is 0 Å². The molecule has 0 saturated heterocycles. The predicted molar refractivity (Wildman–Crippen MR) is 53.3 cm³/mol. The van der Waals surface area contributed by atoms with Crippen molar-refractivity contribution < 1.29 is 5.11 Å². The van der Waals surface area contributed by atoms with Crippen LogP contribution in [0.15, 0.2) is 0 Å². The Bertz CT molecular complexity index is 100. The van der Waals surface area contributed by atoms with Crippen LogP contribution in [0.5, 0.6) is 0 Å². The molecule has 0 atom stereocenters. The second-order valence-electron chi connectivity index (χ2n) is 3.63. The summed E-state index contributed by atoms with van der Waals surface area (Å²) in [4.78, 5) is 0. The van der Waals surface area contributed by atoms with E-state index in [1.165, 1.54) is 12.8 Å². The third-order valence-corrected chi connectivity index (χ3v) is 2.70. The van der Waals surface area contributed by atoms with E-state index in [0.717, 1.165) is 19.4 Å². The average molecular weight is 173 g/mol. The molecule has 0 aliphatic heterocycles. The van der Waals surface area contributed by atoms with Crippen LogP contribution in [0.4, 0.5) is 0 Å². The lowest BCUT2D eigenvalue weighted by Crippen LogP contribution is -2.41. The van der Waals surface area contributed by atoms with Crippen LogP contribution in [0.1, 0.15) is 46.5 Å². The first-order valence-corrected chi connectivity index (χ1v) is 5.04. The molecule has 0 radical (unpaired) electrons. The van der Waals surface area contributed by atoms with Crippen LogP contribution >= 0.6 is 0 Å². The Kier molecular flexibility index (Phi) is 6.39. The van der Waals surface area contributed by atoms with Gasteiger partial charge in [0.15, 0.2) is 0 Å². The number of unbranched alkanes of at least 4 members (excludes halogenated alkanes) is 1. The molecule has 0 aromatic rings. The maximum Gasteiger partial charge on any atom is 0.0431 e. The Morgan fingerprint density at radius 2 is 1.75 bits per heavy atom. The maximum atomic E-state index is 8.58. The van der Waals surface area contributed by atoms with Crippen molar-refractivity contribution in [1.82, 2.24) is 5.32 Å². The first kappa shape index (κ1) is 11.9. The predicted octanol–water partition coefficient (Wildman–Crippen LogP) is 1.93. The molecule has 0 heterocycles. The molecule has 12 heavy (non-hydrogen) atoms. The Hall–Kier alpha value is -0.0800. The minimum atomic E-state index is 0.301. The zero-order valence-electron chi connectivity index (χ0n) is 8.69. The lowest BCUT2D eigenvalue weighted by molar-refractivity contribution is 0.274. The molecule has 74 valence electrons. The lowest BCUT2D eigenvalue weighted by atomic mass is 9.95. The van der Waals surface area contributed by atoms with Crippen molar-refractivity contribution in [2.75, 3.05) is 13.2 Å². The second-order valence-corrected chi connectivity index (χ2v) is 3.63. The van der Waals surface area contributed by atoms with Gasteiger partial charge in [-0.05, 0) is 39.2 Å². The highest BCUT2D eigenvalue weighted by Crippen LogP contribution is 2.13. The van der Waals surface area contributed by atoms with E-state index in [1.54, 1.807) is 0 Å². The van der Waals surface area contributed by atoms with E-state index in [2.05, 4.69) is 26.1 Å². The second kappa shape index (κ2) is 6.44. The van der Waals surface area contributed by atoms with Crippen molar-refractivity contribution in [2.24, 2.45) is 0 Å². The molecule has 0 unspecified atom stereocenters.